The van der Waals surface area contributed by atoms with Gasteiger partial charge < -0.3 is 22.1 Å². The zero-order valence-electron chi connectivity index (χ0n) is 29.9. The van der Waals surface area contributed by atoms with Crippen LogP contribution in [-0.2, 0) is 5.41 Å². The summed E-state index contributed by atoms with van der Waals surface area (Å²) in [6.07, 6.45) is 9.02. The van der Waals surface area contributed by atoms with E-state index >= 15 is 0 Å². The Balaban J connectivity index is 1.17. The number of para-hydroxylation sites is 6. The van der Waals surface area contributed by atoms with Crippen LogP contribution in [0.3, 0.4) is 0 Å². The van der Waals surface area contributed by atoms with Crippen LogP contribution in [0, 0.1) is 0 Å². The molecule has 7 heteroatoms. The van der Waals surface area contributed by atoms with Crippen molar-refractivity contribution < 1.29 is 4.74 Å². The number of nitrogens with zero attached hydrogens (tertiary/aromatic N) is 4. The third-order valence-corrected chi connectivity index (χ3v) is 15.7. The number of benzene rings is 6. The molecule has 0 bridgehead atoms. The van der Waals surface area contributed by atoms with Crippen LogP contribution in [0.25, 0.3) is 43.6 Å². The minimum Gasteiger partial charge on any atom is -0.455 e. The highest BCUT2D eigenvalue weighted by Gasteiger charge is 2.40. The quantitative estimate of drug-likeness (QED) is 0.156. The minimum atomic E-state index is -1.16. The van der Waals surface area contributed by atoms with Crippen LogP contribution in [0.15, 0.2) is 183 Å². The molecular weight excluding hydrogens is 698 g/mol. The molecule has 10 aromatic rings. The van der Waals surface area contributed by atoms with Gasteiger partial charge in [0.05, 0.1) is 32.7 Å². The van der Waals surface area contributed by atoms with Crippen molar-refractivity contribution in [3.8, 4) is 11.5 Å². The summed E-state index contributed by atoms with van der Waals surface area (Å²) in [6, 6.07) is 57.3. The number of ether oxygens (including phenoxy) is 1. The predicted molar refractivity (Wildman–Crippen MR) is 228 cm³/mol. The highest BCUT2D eigenvalue weighted by Crippen LogP contribution is 2.55. The van der Waals surface area contributed by atoms with Crippen molar-refractivity contribution >= 4 is 70.7 Å². The molecule has 0 unspecified atom stereocenters. The van der Waals surface area contributed by atoms with Gasteiger partial charge in [-0.3, -0.25) is 0 Å². The van der Waals surface area contributed by atoms with E-state index in [0.717, 1.165) is 11.5 Å². The Hall–Kier alpha value is -5.86. The zero-order chi connectivity index (χ0) is 36.0. The van der Waals surface area contributed by atoms with Crippen molar-refractivity contribution in [1.29, 1.82) is 0 Å². The number of hydrogen-bond donors (Lipinski definition) is 0. The van der Waals surface area contributed by atoms with Gasteiger partial charge in [-0.1, -0.05) is 111 Å². The second-order valence-corrected chi connectivity index (χ2v) is 18.3. The molecule has 260 valence electrons. The lowest BCUT2D eigenvalue weighted by Crippen LogP contribution is -2.31. The Bertz CT molecular complexity index is 2700. The Labute approximate surface area is 316 Å². The van der Waals surface area contributed by atoms with Gasteiger partial charge >= 0.3 is 0 Å². The highest BCUT2D eigenvalue weighted by atomic mass is 31.1. The molecule has 54 heavy (non-hydrogen) atoms. The van der Waals surface area contributed by atoms with Gasteiger partial charge in [-0.15, -0.1) is 0 Å². The zero-order valence-corrected chi connectivity index (χ0v) is 31.7. The second kappa shape index (κ2) is 12.1. The van der Waals surface area contributed by atoms with Gasteiger partial charge in [0.2, 0.25) is 0 Å². The van der Waals surface area contributed by atoms with E-state index in [2.05, 4.69) is 214 Å². The third kappa shape index (κ3) is 4.65. The van der Waals surface area contributed by atoms with Crippen molar-refractivity contribution in [2.45, 2.75) is 19.3 Å². The van der Waals surface area contributed by atoms with Gasteiger partial charge in [-0.05, 0) is 82.2 Å². The van der Waals surface area contributed by atoms with Gasteiger partial charge in [0.1, 0.15) is 27.9 Å². The monoisotopic (exact) mass is 734 g/mol. The molecule has 1 aliphatic heterocycles. The number of fused-ring (bicyclic) bond motifs is 6. The van der Waals surface area contributed by atoms with Crippen molar-refractivity contribution in [3.63, 3.8) is 0 Å². The van der Waals surface area contributed by atoms with Gasteiger partial charge in [-0.25, -0.2) is 0 Å². The third-order valence-electron chi connectivity index (χ3n) is 11.1. The highest BCUT2D eigenvalue weighted by molar-refractivity contribution is 7.63. The molecule has 1 aliphatic rings. The first-order valence-electron chi connectivity index (χ1n) is 18.4. The summed E-state index contributed by atoms with van der Waals surface area (Å²) >= 11 is 0. The standard InChI is InChI=1S/C47H36N4OP2/c1-47(2)37-17-11-23-43(53(48-29-25-33-13-3-7-19-39(33)48)49-30-26-34-14-4-8-20-40(34)49)45(37)52-46-38(47)18-12-24-44(46)54(50-31-27-35-15-5-9-21-41(35)50)51-32-28-36-16-6-10-22-42(36)51/h3-32H,1-2H3. The van der Waals surface area contributed by atoms with Crippen molar-refractivity contribution in [2.75, 3.05) is 0 Å². The Morgan fingerprint density at radius 2 is 0.685 bits per heavy atom. The molecule has 0 fully saturated rings. The van der Waals surface area contributed by atoms with E-state index in [1.165, 1.54) is 65.3 Å². The van der Waals surface area contributed by atoms with Crippen LogP contribution < -0.4 is 15.3 Å². The maximum atomic E-state index is 7.56. The minimum absolute atomic E-state index is 0.327. The Morgan fingerprint density at radius 1 is 0.370 bits per heavy atom. The summed E-state index contributed by atoms with van der Waals surface area (Å²) in [4.78, 5) is 0. The van der Waals surface area contributed by atoms with E-state index in [4.69, 9.17) is 4.74 Å². The molecule has 11 rings (SSSR count). The van der Waals surface area contributed by atoms with E-state index in [1.807, 2.05) is 0 Å². The van der Waals surface area contributed by atoms with Gasteiger partial charge in [0.25, 0.3) is 0 Å². The molecule has 0 N–H and O–H groups in total. The summed E-state index contributed by atoms with van der Waals surface area (Å²) in [7, 11) is -2.32. The van der Waals surface area contributed by atoms with Crippen LogP contribution in [-0.4, -0.2) is 17.4 Å². The predicted octanol–water partition coefficient (Wildman–Crippen LogP) is 12.0. The van der Waals surface area contributed by atoms with Gasteiger partial charge in [0.15, 0.2) is 0 Å². The topological polar surface area (TPSA) is 28.9 Å². The van der Waals surface area contributed by atoms with Crippen LogP contribution in [0.1, 0.15) is 25.0 Å². The van der Waals surface area contributed by atoms with E-state index in [-0.39, 0.29) is 5.41 Å². The van der Waals surface area contributed by atoms with Crippen LogP contribution in [0.2, 0.25) is 0 Å². The average Bonchev–Trinajstić information content (AvgIpc) is 4.02. The summed E-state index contributed by atoms with van der Waals surface area (Å²) < 4.78 is 17.4. The smallest absolute Gasteiger partial charge is 0.142 e. The molecule has 0 amide bonds. The van der Waals surface area contributed by atoms with E-state index < -0.39 is 16.4 Å². The number of rotatable bonds is 6. The molecule has 0 radical (unpaired) electrons. The molecule has 0 saturated carbocycles. The Morgan fingerprint density at radius 3 is 1.02 bits per heavy atom. The molecule has 5 heterocycles. The maximum Gasteiger partial charge on any atom is 0.142 e. The van der Waals surface area contributed by atoms with Gasteiger partial charge in [-0.2, -0.15) is 0 Å². The molecule has 4 aromatic heterocycles. The van der Waals surface area contributed by atoms with E-state index in [1.54, 1.807) is 0 Å². The fourth-order valence-electron chi connectivity index (χ4n) is 8.42. The fourth-order valence-corrected chi connectivity index (χ4v) is 13.2. The van der Waals surface area contributed by atoms with E-state index in [0.29, 0.717) is 0 Å². The normalized spacial score (nSPS) is 13.6. The molecule has 0 atom stereocenters. The Kier molecular flexibility index (Phi) is 7.08. The van der Waals surface area contributed by atoms with Crippen LogP contribution in [0.4, 0.5) is 0 Å². The molecule has 0 saturated heterocycles. The van der Waals surface area contributed by atoms with Crippen molar-refractivity contribution in [2.24, 2.45) is 0 Å². The van der Waals surface area contributed by atoms with Crippen molar-refractivity contribution in [1.82, 2.24) is 17.4 Å². The number of hydrogen-bond acceptors (Lipinski definition) is 1. The fraction of sp³-hybridized carbons (Fsp3) is 0.0638. The SMILES string of the molecule is CC1(C)c2cccc(P(n3ccc4ccccc43)n3ccc4ccccc43)c2Oc2c(P(n3ccc4ccccc43)n3ccc4ccccc43)cccc21. The molecule has 0 spiro atoms. The van der Waals surface area contributed by atoms with E-state index in [9.17, 15) is 0 Å². The molecule has 5 nitrogen and oxygen atoms in total. The first-order valence-corrected chi connectivity index (χ1v) is 20.9. The summed E-state index contributed by atoms with van der Waals surface area (Å²) in [5, 5.41) is 7.27. The molecular formula is C47H36N4OP2. The summed E-state index contributed by atoms with van der Waals surface area (Å²) in [5.74, 6) is 1.91. The summed E-state index contributed by atoms with van der Waals surface area (Å²) in [6.45, 7) is 4.72. The van der Waals surface area contributed by atoms with Crippen LogP contribution >= 0.6 is 16.4 Å². The molecule has 6 aromatic carbocycles. The average molecular weight is 735 g/mol. The summed E-state index contributed by atoms with van der Waals surface area (Å²) in [5.41, 5.74) is 6.90. The number of aromatic nitrogens is 4. The largest absolute Gasteiger partial charge is 0.455 e. The lowest BCUT2D eigenvalue weighted by Gasteiger charge is -2.38. The second-order valence-electron chi connectivity index (χ2n) is 14.5. The lowest BCUT2D eigenvalue weighted by molar-refractivity contribution is 0.424. The van der Waals surface area contributed by atoms with Crippen LogP contribution in [0.5, 0.6) is 11.5 Å². The lowest BCUT2D eigenvalue weighted by atomic mass is 9.76. The van der Waals surface area contributed by atoms with Crippen molar-refractivity contribution in [3.05, 3.63) is 194 Å². The first kappa shape index (κ1) is 31.6. The van der Waals surface area contributed by atoms with Gasteiger partial charge in [0, 0.05) is 41.3 Å². The maximum absolute atomic E-state index is 7.56. The molecule has 0 aliphatic carbocycles. The first-order chi connectivity index (χ1) is 26.6.